The van der Waals surface area contributed by atoms with E-state index in [4.69, 9.17) is 32.4 Å². The van der Waals surface area contributed by atoms with E-state index in [-0.39, 0.29) is 25.3 Å². The summed E-state index contributed by atoms with van der Waals surface area (Å²) >= 11 is 1.23. The second-order valence-corrected chi connectivity index (χ2v) is 11.8. The van der Waals surface area contributed by atoms with Crippen molar-refractivity contribution >= 4 is 40.9 Å². The molecule has 11 N–H and O–H groups in total. The van der Waals surface area contributed by atoms with Gasteiger partial charge in [-0.3, -0.25) is 24.2 Å². The standard InChI is InChI=1S/C33H44N8O6S/c1-46-24-8-4-7-21(19-24)20-47-23-14-12-22(13-15-23)28(29(35)42)41-31(44)25(9-2-3-16-34)39-30(43)26(10-5-17-38-33(36)37)40-32(45)27-11-6-18-48-27/h4,6-8,11-15,18-19,25-26,28H,2-3,5,9-10,16-17,20,34H2,1H3,(H2,35,42)(H,39,43)(H,40,45)(H,41,44)(H4,36,37,38)/t25-,26-,28+/m0/s1. The number of methoxy groups -OCH3 is 1. The lowest BCUT2D eigenvalue weighted by atomic mass is 10.0. The highest BCUT2D eigenvalue weighted by molar-refractivity contribution is 7.12. The molecule has 0 aliphatic heterocycles. The molecule has 0 aliphatic carbocycles. The number of carbonyl (C=O) groups is 4. The molecule has 0 radical (unpaired) electrons. The summed E-state index contributed by atoms with van der Waals surface area (Å²) in [5, 5.41) is 9.92. The Kier molecular flexibility index (Phi) is 15.2. The third kappa shape index (κ3) is 12.2. The van der Waals surface area contributed by atoms with Gasteiger partial charge in [-0.15, -0.1) is 11.3 Å². The van der Waals surface area contributed by atoms with E-state index in [1.807, 2.05) is 24.3 Å². The van der Waals surface area contributed by atoms with Crippen LogP contribution in [0.4, 0.5) is 0 Å². The maximum atomic E-state index is 13.6. The average Bonchev–Trinajstić information content (AvgIpc) is 3.63. The number of nitrogens with one attached hydrogen (secondary N) is 3. The van der Waals surface area contributed by atoms with Crippen LogP contribution in [-0.4, -0.2) is 61.9 Å². The number of aliphatic imine (C=N–C) groups is 1. The number of rotatable bonds is 20. The van der Waals surface area contributed by atoms with Gasteiger partial charge in [-0.2, -0.15) is 0 Å². The van der Waals surface area contributed by atoms with E-state index < -0.39 is 41.8 Å². The molecule has 1 aromatic heterocycles. The van der Waals surface area contributed by atoms with E-state index in [1.54, 1.807) is 48.9 Å². The first-order chi connectivity index (χ1) is 23.1. The van der Waals surface area contributed by atoms with Crippen LogP contribution < -0.4 is 48.4 Å². The summed E-state index contributed by atoms with van der Waals surface area (Å²) in [6, 6.07) is 14.2. The fourth-order valence-corrected chi connectivity index (χ4v) is 5.32. The Labute approximate surface area is 283 Å². The number of nitrogens with two attached hydrogens (primary N) is 4. The highest BCUT2D eigenvalue weighted by Crippen LogP contribution is 2.21. The third-order valence-corrected chi connectivity index (χ3v) is 8.08. The van der Waals surface area contributed by atoms with E-state index in [9.17, 15) is 19.2 Å². The number of hydrogen-bond donors (Lipinski definition) is 7. The second-order valence-electron chi connectivity index (χ2n) is 10.9. The third-order valence-electron chi connectivity index (χ3n) is 7.22. The lowest BCUT2D eigenvalue weighted by Crippen LogP contribution is -2.54. The zero-order valence-corrected chi connectivity index (χ0v) is 27.7. The smallest absolute Gasteiger partial charge is 0.261 e. The van der Waals surface area contributed by atoms with Crippen molar-refractivity contribution in [3.05, 3.63) is 82.0 Å². The number of benzene rings is 2. The highest BCUT2D eigenvalue weighted by atomic mass is 32.1. The van der Waals surface area contributed by atoms with Crippen LogP contribution in [0.15, 0.2) is 71.0 Å². The van der Waals surface area contributed by atoms with Crippen molar-refractivity contribution in [3.8, 4) is 11.5 Å². The molecule has 48 heavy (non-hydrogen) atoms. The zero-order valence-electron chi connectivity index (χ0n) is 26.9. The molecule has 0 fully saturated rings. The Bertz CT molecular complexity index is 1510. The van der Waals surface area contributed by atoms with Crippen LogP contribution in [0.25, 0.3) is 0 Å². The minimum absolute atomic E-state index is 0.0883. The molecule has 3 aromatic rings. The van der Waals surface area contributed by atoms with Gasteiger partial charge in [0, 0.05) is 6.54 Å². The van der Waals surface area contributed by atoms with E-state index in [0.29, 0.717) is 54.4 Å². The number of nitrogens with zero attached hydrogens (tertiary/aromatic N) is 1. The SMILES string of the molecule is COc1cccc(COc2ccc([C@@H](NC(=O)[C@H](CCCCN)NC(=O)[C@H](CCCN=C(N)N)NC(=O)c3cccs3)C(N)=O)cc2)c1. The number of primary amides is 1. The van der Waals surface area contributed by atoms with Gasteiger partial charge in [0.1, 0.15) is 36.2 Å². The van der Waals surface area contributed by atoms with Gasteiger partial charge in [0.25, 0.3) is 5.91 Å². The molecular formula is C33H44N8O6S. The van der Waals surface area contributed by atoms with Crippen molar-refractivity contribution in [2.75, 3.05) is 20.2 Å². The van der Waals surface area contributed by atoms with Crippen LogP contribution in [0, 0.1) is 0 Å². The van der Waals surface area contributed by atoms with Crippen LogP contribution >= 0.6 is 11.3 Å². The van der Waals surface area contributed by atoms with Crippen LogP contribution in [-0.2, 0) is 21.0 Å². The monoisotopic (exact) mass is 680 g/mol. The van der Waals surface area contributed by atoms with Gasteiger partial charge in [-0.05, 0) is 85.5 Å². The normalized spacial score (nSPS) is 12.5. The van der Waals surface area contributed by atoms with E-state index >= 15 is 0 Å². The second kappa shape index (κ2) is 19.5. The maximum Gasteiger partial charge on any atom is 0.261 e. The minimum Gasteiger partial charge on any atom is -0.497 e. The van der Waals surface area contributed by atoms with Crippen molar-refractivity contribution in [2.45, 2.75) is 56.8 Å². The number of ether oxygens (including phenoxy) is 2. The summed E-state index contributed by atoms with van der Waals surface area (Å²) in [7, 11) is 1.59. The minimum atomic E-state index is -1.19. The zero-order chi connectivity index (χ0) is 34.9. The first kappa shape index (κ1) is 37.3. The first-order valence-electron chi connectivity index (χ1n) is 15.5. The number of guanidine groups is 1. The van der Waals surface area contributed by atoms with Crippen molar-refractivity contribution in [1.82, 2.24) is 16.0 Å². The average molecular weight is 681 g/mol. The molecule has 3 atom stereocenters. The molecule has 0 bridgehead atoms. The predicted molar refractivity (Wildman–Crippen MR) is 184 cm³/mol. The van der Waals surface area contributed by atoms with Crippen LogP contribution in [0.5, 0.6) is 11.5 Å². The molecule has 0 saturated carbocycles. The van der Waals surface area contributed by atoms with E-state index in [0.717, 1.165) is 5.56 Å². The van der Waals surface area contributed by atoms with E-state index in [2.05, 4.69) is 20.9 Å². The molecule has 4 amide bonds. The molecule has 3 rings (SSSR count). The molecule has 0 unspecified atom stereocenters. The van der Waals surface area contributed by atoms with Gasteiger partial charge in [-0.1, -0.05) is 30.3 Å². The number of hydrogen-bond acceptors (Lipinski definition) is 9. The Morgan fingerprint density at radius 1 is 0.833 bits per heavy atom. The van der Waals surface area contributed by atoms with E-state index in [1.165, 1.54) is 11.3 Å². The summed E-state index contributed by atoms with van der Waals surface area (Å²) in [5.41, 5.74) is 23.5. The summed E-state index contributed by atoms with van der Waals surface area (Å²) < 4.78 is 11.1. The molecule has 0 aliphatic rings. The summed E-state index contributed by atoms with van der Waals surface area (Å²) in [6.07, 6.45) is 1.94. The quantitative estimate of drug-likeness (QED) is 0.0518. The van der Waals surface area contributed by atoms with Crippen LogP contribution in [0.3, 0.4) is 0 Å². The Hall–Kier alpha value is -5.15. The molecule has 2 aromatic carbocycles. The largest absolute Gasteiger partial charge is 0.497 e. The van der Waals surface area contributed by atoms with Gasteiger partial charge >= 0.3 is 0 Å². The van der Waals surface area contributed by atoms with Gasteiger partial charge in [0.05, 0.1) is 12.0 Å². The van der Waals surface area contributed by atoms with Gasteiger partial charge < -0.3 is 48.4 Å². The Morgan fingerprint density at radius 3 is 2.19 bits per heavy atom. The van der Waals surface area contributed by atoms with Crippen LogP contribution in [0.1, 0.15) is 58.9 Å². The molecule has 0 saturated heterocycles. The molecular weight excluding hydrogens is 636 g/mol. The summed E-state index contributed by atoms with van der Waals surface area (Å²) in [6.45, 7) is 0.926. The van der Waals surface area contributed by atoms with Crippen molar-refractivity contribution in [1.29, 1.82) is 0 Å². The van der Waals surface area contributed by atoms with Gasteiger partial charge in [0.2, 0.25) is 17.7 Å². The lowest BCUT2D eigenvalue weighted by Gasteiger charge is -2.25. The van der Waals surface area contributed by atoms with Crippen molar-refractivity contribution < 1.29 is 28.7 Å². The predicted octanol–water partition coefficient (Wildman–Crippen LogP) is 1.44. The molecule has 0 spiro atoms. The van der Waals surface area contributed by atoms with Crippen molar-refractivity contribution in [2.24, 2.45) is 27.9 Å². The molecule has 1 heterocycles. The summed E-state index contributed by atoms with van der Waals surface area (Å²) in [5.74, 6) is -1.25. The lowest BCUT2D eigenvalue weighted by molar-refractivity contribution is -0.132. The number of amides is 4. The number of carbonyl (C=O) groups excluding carboxylic acids is 4. The van der Waals surface area contributed by atoms with Gasteiger partial charge in [-0.25, -0.2) is 0 Å². The van der Waals surface area contributed by atoms with Crippen molar-refractivity contribution in [3.63, 3.8) is 0 Å². The molecule has 14 nitrogen and oxygen atoms in total. The van der Waals surface area contributed by atoms with Gasteiger partial charge in [0.15, 0.2) is 5.96 Å². The molecule has 258 valence electrons. The Balaban J connectivity index is 1.71. The Morgan fingerprint density at radius 2 is 1.54 bits per heavy atom. The first-order valence-corrected chi connectivity index (χ1v) is 16.3. The molecule has 15 heteroatoms. The maximum absolute atomic E-state index is 13.6. The fraction of sp³-hybridized carbons (Fsp3) is 0.364. The highest BCUT2D eigenvalue weighted by Gasteiger charge is 2.29. The van der Waals surface area contributed by atoms with Crippen LogP contribution in [0.2, 0.25) is 0 Å². The topological polar surface area (TPSA) is 239 Å². The number of unbranched alkanes of at least 4 members (excludes halogenated alkanes) is 1. The summed E-state index contributed by atoms with van der Waals surface area (Å²) in [4.78, 5) is 56.8. The fourth-order valence-electron chi connectivity index (χ4n) is 4.69. The number of thiophene rings is 1.